The van der Waals surface area contributed by atoms with Crippen molar-refractivity contribution in [2.24, 2.45) is 4.99 Å². The number of benzene rings is 2. The normalized spacial score (nSPS) is 11.0. The molecule has 5 nitrogen and oxygen atoms in total. The van der Waals surface area contributed by atoms with Crippen molar-refractivity contribution >= 4 is 29.9 Å². The van der Waals surface area contributed by atoms with E-state index in [2.05, 4.69) is 20.6 Å². The summed E-state index contributed by atoms with van der Waals surface area (Å²) < 4.78 is 18.5. The molecular weight excluding hydrogens is 458 g/mol. The third kappa shape index (κ3) is 6.35. The van der Waals surface area contributed by atoms with E-state index in [0.29, 0.717) is 24.9 Å². The first-order chi connectivity index (χ1) is 12.7. The summed E-state index contributed by atoms with van der Waals surface area (Å²) in [5.41, 5.74) is 2.67. The molecule has 0 bridgehead atoms. The van der Waals surface area contributed by atoms with Crippen LogP contribution in [0.2, 0.25) is 0 Å². The van der Waals surface area contributed by atoms with Gasteiger partial charge in [-0.25, -0.2) is 14.4 Å². The van der Waals surface area contributed by atoms with E-state index in [1.807, 2.05) is 37.3 Å². The maximum Gasteiger partial charge on any atom is 0.226 e. The average Bonchev–Trinajstić information content (AvgIpc) is 3.15. The highest BCUT2D eigenvalue weighted by Gasteiger charge is 2.07. The number of halogens is 2. The molecule has 0 atom stereocenters. The van der Waals surface area contributed by atoms with Gasteiger partial charge in [-0.1, -0.05) is 30.3 Å². The van der Waals surface area contributed by atoms with E-state index in [4.69, 9.17) is 4.42 Å². The average molecular weight is 480 g/mol. The molecular formula is C20H22FIN4O. The zero-order valence-electron chi connectivity index (χ0n) is 15.0. The largest absolute Gasteiger partial charge is 0.444 e. The van der Waals surface area contributed by atoms with Crippen LogP contribution in [0.3, 0.4) is 0 Å². The van der Waals surface area contributed by atoms with Crippen molar-refractivity contribution < 1.29 is 8.81 Å². The molecule has 0 amide bonds. The highest BCUT2D eigenvalue weighted by molar-refractivity contribution is 14.0. The molecule has 0 radical (unpaired) electrons. The van der Waals surface area contributed by atoms with Crippen LogP contribution in [0.1, 0.15) is 18.2 Å². The molecule has 0 aliphatic carbocycles. The van der Waals surface area contributed by atoms with Crippen LogP contribution in [0, 0.1) is 5.82 Å². The van der Waals surface area contributed by atoms with Crippen LogP contribution in [0.5, 0.6) is 0 Å². The molecule has 2 N–H and O–H groups in total. The molecule has 0 fully saturated rings. The topological polar surface area (TPSA) is 62.5 Å². The van der Waals surface area contributed by atoms with Crippen LogP contribution >= 0.6 is 24.0 Å². The van der Waals surface area contributed by atoms with Crippen molar-refractivity contribution in [3.05, 3.63) is 77.9 Å². The Balaban J connectivity index is 0.00000261. The minimum absolute atomic E-state index is 0. The van der Waals surface area contributed by atoms with Crippen molar-refractivity contribution in [2.45, 2.75) is 20.0 Å². The second kappa shape index (κ2) is 10.7. The molecule has 27 heavy (non-hydrogen) atoms. The Bertz CT molecular complexity index is 850. The number of nitrogens with one attached hydrogen (secondary N) is 2. The third-order valence-corrected chi connectivity index (χ3v) is 3.69. The molecule has 142 valence electrons. The Labute approximate surface area is 175 Å². The molecule has 0 aliphatic heterocycles. The Hall–Kier alpha value is -2.42. The quantitative estimate of drug-likeness (QED) is 0.313. The zero-order chi connectivity index (χ0) is 18.2. The van der Waals surface area contributed by atoms with Gasteiger partial charge in [-0.2, -0.15) is 0 Å². The minimum atomic E-state index is -0.247. The number of aliphatic imine (C=N–C) groups is 1. The van der Waals surface area contributed by atoms with Crippen molar-refractivity contribution in [1.82, 2.24) is 15.6 Å². The SMILES string of the molecule is CCNC(=NCc1ccc(F)cc1)NCc1coc(-c2ccccc2)n1.I. The van der Waals surface area contributed by atoms with Crippen LogP contribution in [0.15, 0.2) is 70.3 Å². The molecule has 2 aromatic carbocycles. The molecule has 7 heteroatoms. The first kappa shape index (κ1) is 20.9. The van der Waals surface area contributed by atoms with Gasteiger partial charge in [0.05, 0.1) is 18.8 Å². The lowest BCUT2D eigenvalue weighted by atomic mass is 10.2. The van der Waals surface area contributed by atoms with E-state index < -0.39 is 0 Å². The van der Waals surface area contributed by atoms with Crippen LogP contribution in [0.4, 0.5) is 4.39 Å². The van der Waals surface area contributed by atoms with E-state index in [9.17, 15) is 4.39 Å². The summed E-state index contributed by atoms with van der Waals surface area (Å²) in [7, 11) is 0. The van der Waals surface area contributed by atoms with Gasteiger partial charge in [-0.05, 0) is 36.8 Å². The van der Waals surface area contributed by atoms with Crippen LogP contribution in [0.25, 0.3) is 11.5 Å². The van der Waals surface area contributed by atoms with Gasteiger partial charge in [-0.3, -0.25) is 0 Å². The first-order valence-electron chi connectivity index (χ1n) is 8.51. The smallest absolute Gasteiger partial charge is 0.226 e. The number of rotatable bonds is 6. The fourth-order valence-electron chi connectivity index (χ4n) is 2.38. The van der Waals surface area contributed by atoms with E-state index in [0.717, 1.165) is 23.4 Å². The Kier molecular flexibility index (Phi) is 8.25. The summed E-state index contributed by atoms with van der Waals surface area (Å²) in [6, 6.07) is 16.1. The lowest BCUT2D eigenvalue weighted by Crippen LogP contribution is -2.36. The number of aromatic nitrogens is 1. The summed E-state index contributed by atoms with van der Waals surface area (Å²) in [4.78, 5) is 8.99. The van der Waals surface area contributed by atoms with Crippen molar-refractivity contribution in [3.63, 3.8) is 0 Å². The molecule has 3 aromatic rings. The van der Waals surface area contributed by atoms with Crippen molar-refractivity contribution in [1.29, 1.82) is 0 Å². The molecule has 1 heterocycles. The molecule has 0 aliphatic rings. The van der Waals surface area contributed by atoms with E-state index in [1.54, 1.807) is 18.4 Å². The number of nitrogens with zero attached hydrogens (tertiary/aromatic N) is 2. The lowest BCUT2D eigenvalue weighted by Gasteiger charge is -2.10. The van der Waals surface area contributed by atoms with E-state index in [1.165, 1.54) is 12.1 Å². The maximum atomic E-state index is 13.0. The van der Waals surface area contributed by atoms with Crippen LogP contribution in [-0.4, -0.2) is 17.5 Å². The number of hydrogen-bond donors (Lipinski definition) is 2. The monoisotopic (exact) mass is 480 g/mol. The summed E-state index contributed by atoms with van der Waals surface area (Å²) in [5.74, 6) is 1.01. The summed E-state index contributed by atoms with van der Waals surface area (Å²) in [5, 5.41) is 6.41. The van der Waals surface area contributed by atoms with Gasteiger partial charge in [0.15, 0.2) is 5.96 Å². The fraction of sp³-hybridized carbons (Fsp3) is 0.200. The van der Waals surface area contributed by atoms with Gasteiger partial charge in [0.1, 0.15) is 12.1 Å². The van der Waals surface area contributed by atoms with Gasteiger partial charge in [-0.15, -0.1) is 24.0 Å². The number of hydrogen-bond acceptors (Lipinski definition) is 3. The van der Waals surface area contributed by atoms with Crippen LogP contribution in [-0.2, 0) is 13.1 Å². The molecule has 0 saturated carbocycles. The van der Waals surface area contributed by atoms with E-state index in [-0.39, 0.29) is 29.8 Å². The molecule has 0 saturated heterocycles. The standard InChI is InChI=1S/C20H21FN4O.HI/c1-2-22-20(23-12-15-8-10-17(21)11-9-15)24-13-18-14-26-19(25-18)16-6-4-3-5-7-16;/h3-11,14H,2,12-13H2,1H3,(H2,22,23,24);1H. The molecule has 1 aromatic heterocycles. The fourth-order valence-corrected chi connectivity index (χ4v) is 2.38. The third-order valence-electron chi connectivity index (χ3n) is 3.69. The predicted octanol–water partition coefficient (Wildman–Crippen LogP) is 4.35. The van der Waals surface area contributed by atoms with Crippen molar-refractivity contribution in [2.75, 3.05) is 6.54 Å². The van der Waals surface area contributed by atoms with Crippen molar-refractivity contribution in [3.8, 4) is 11.5 Å². The molecule has 3 rings (SSSR count). The summed E-state index contributed by atoms with van der Waals surface area (Å²) >= 11 is 0. The molecule has 0 unspecified atom stereocenters. The highest BCUT2D eigenvalue weighted by Crippen LogP contribution is 2.17. The zero-order valence-corrected chi connectivity index (χ0v) is 17.3. The number of oxazole rings is 1. The van der Waals surface area contributed by atoms with Crippen LogP contribution < -0.4 is 10.6 Å². The van der Waals surface area contributed by atoms with E-state index >= 15 is 0 Å². The number of guanidine groups is 1. The Morgan fingerprint density at radius 2 is 1.81 bits per heavy atom. The molecule has 0 spiro atoms. The highest BCUT2D eigenvalue weighted by atomic mass is 127. The summed E-state index contributed by atoms with van der Waals surface area (Å²) in [6.07, 6.45) is 1.64. The Morgan fingerprint density at radius 3 is 2.52 bits per heavy atom. The predicted molar refractivity (Wildman–Crippen MR) is 115 cm³/mol. The van der Waals surface area contributed by atoms with Gasteiger partial charge in [0, 0.05) is 12.1 Å². The second-order valence-corrected chi connectivity index (χ2v) is 5.69. The minimum Gasteiger partial charge on any atom is -0.444 e. The first-order valence-corrected chi connectivity index (χ1v) is 8.51. The Morgan fingerprint density at radius 1 is 1.07 bits per heavy atom. The van der Waals surface area contributed by atoms with Gasteiger partial charge >= 0.3 is 0 Å². The summed E-state index contributed by atoms with van der Waals surface area (Å²) in [6.45, 7) is 3.69. The maximum absolute atomic E-state index is 13.0. The second-order valence-electron chi connectivity index (χ2n) is 5.69. The van der Waals surface area contributed by atoms with Gasteiger partial charge in [0.2, 0.25) is 5.89 Å². The lowest BCUT2D eigenvalue weighted by molar-refractivity contribution is 0.572. The van der Waals surface area contributed by atoms with Gasteiger partial charge in [0.25, 0.3) is 0 Å². The van der Waals surface area contributed by atoms with Gasteiger partial charge < -0.3 is 15.1 Å².